The average molecular weight is 263 g/mol. The fraction of sp³-hybridized carbons (Fsp3) is 0.812. The fourth-order valence-corrected chi connectivity index (χ4v) is 3.50. The van der Waals surface area contributed by atoms with E-state index in [1.54, 1.807) is 0 Å². The highest BCUT2D eigenvalue weighted by atomic mass is 15.3. The molecule has 19 heavy (non-hydrogen) atoms. The first-order chi connectivity index (χ1) is 9.19. The lowest BCUT2D eigenvalue weighted by Crippen LogP contribution is -2.47. The smallest absolute Gasteiger partial charge is 0.0596 e. The van der Waals surface area contributed by atoms with Gasteiger partial charge >= 0.3 is 0 Å². The van der Waals surface area contributed by atoms with Crippen LogP contribution >= 0.6 is 0 Å². The Balaban J connectivity index is 2.18. The van der Waals surface area contributed by atoms with E-state index in [1.807, 2.05) is 0 Å². The molecule has 3 heteroatoms. The summed E-state index contributed by atoms with van der Waals surface area (Å²) in [6, 6.07) is 2.27. The van der Waals surface area contributed by atoms with Gasteiger partial charge in [-0.1, -0.05) is 26.2 Å². The molecule has 2 heterocycles. The summed E-state index contributed by atoms with van der Waals surface area (Å²) in [5, 5.41) is 8.46. The highest BCUT2D eigenvalue weighted by molar-refractivity contribution is 5.13. The molecule has 1 N–H and O–H groups in total. The van der Waals surface area contributed by atoms with Crippen LogP contribution in [-0.2, 0) is 13.0 Å². The summed E-state index contributed by atoms with van der Waals surface area (Å²) in [7, 11) is 0. The van der Waals surface area contributed by atoms with Crippen LogP contribution in [0.5, 0.6) is 0 Å². The monoisotopic (exact) mass is 263 g/mol. The molecule has 1 aromatic rings. The largest absolute Gasteiger partial charge is 0.311 e. The van der Waals surface area contributed by atoms with E-state index >= 15 is 0 Å². The molecule has 0 amide bonds. The van der Waals surface area contributed by atoms with E-state index in [4.69, 9.17) is 0 Å². The molecule has 1 fully saturated rings. The maximum absolute atomic E-state index is 4.60. The van der Waals surface area contributed by atoms with Gasteiger partial charge in [-0.15, -0.1) is 0 Å². The van der Waals surface area contributed by atoms with Crippen molar-refractivity contribution in [2.75, 3.05) is 6.54 Å². The molecule has 1 unspecified atom stereocenters. The van der Waals surface area contributed by atoms with Crippen molar-refractivity contribution in [1.82, 2.24) is 15.1 Å². The van der Waals surface area contributed by atoms with Gasteiger partial charge in [-0.05, 0) is 45.7 Å². The van der Waals surface area contributed by atoms with Gasteiger partial charge < -0.3 is 5.32 Å². The van der Waals surface area contributed by atoms with Crippen LogP contribution in [0, 0.1) is 6.92 Å². The van der Waals surface area contributed by atoms with Crippen LogP contribution in [0.15, 0.2) is 6.07 Å². The summed E-state index contributed by atoms with van der Waals surface area (Å²) in [6.45, 7) is 8.74. The van der Waals surface area contributed by atoms with E-state index in [0.717, 1.165) is 18.7 Å². The molecule has 0 radical (unpaired) electrons. The highest BCUT2D eigenvalue weighted by Gasteiger charge is 2.31. The number of aryl methyl sites for hydroxylation is 2. The van der Waals surface area contributed by atoms with Crippen LogP contribution in [0.25, 0.3) is 0 Å². The first-order valence-electron chi connectivity index (χ1n) is 7.97. The van der Waals surface area contributed by atoms with Crippen molar-refractivity contribution in [1.29, 1.82) is 0 Å². The lowest BCUT2D eigenvalue weighted by Gasteiger charge is -2.34. The maximum Gasteiger partial charge on any atom is 0.0596 e. The number of aromatic nitrogens is 2. The summed E-state index contributed by atoms with van der Waals surface area (Å²) in [5.41, 5.74) is 2.87. The number of nitrogens with one attached hydrogen (secondary N) is 1. The van der Waals surface area contributed by atoms with Gasteiger partial charge in [0.05, 0.1) is 5.69 Å². The maximum atomic E-state index is 4.60. The summed E-state index contributed by atoms with van der Waals surface area (Å²) in [6.07, 6.45) is 9.06. The van der Waals surface area contributed by atoms with E-state index in [2.05, 4.69) is 41.9 Å². The topological polar surface area (TPSA) is 29.9 Å². The van der Waals surface area contributed by atoms with Crippen LogP contribution in [0.2, 0.25) is 0 Å². The summed E-state index contributed by atoms with van der Waals surface area (Å²) in [4.78, 5) is 0. The zero-order chi connectivity index (χ0) is 13.7. The Morgan fingerprint density at radius 3 is 2.89 bits per heavy atom. The van der Waals surface area contributed by atoms with E-state index < -0.39 is 0 Å². The predicted octanol–water partition coefficient (Wildman–Crippen LogP) is 3.46. The van der Waals surface area contributed by atoms with E-state index in [1.165, 1.54) is 50.8 Å². The molecule has 108 valence electrons. The van der Waals surface area contributed by atoms with E-state index in [9.17, 15) is 0 Å². The number of rotatable bonds is 5. The Morgan fingerprint density at radius 2 is 2.16 bits per heavy atom. The molecule has 3 nitrogen and oxygen atoms in total. The third kappa shape index (κ3) is 3.59. The van der Waals surface area contributed by atoms with Gasteiger partial charge in [0.25, 0.3) is 0 Å². The van der Waals surface area contributed by atoms with Crippen LogP contribution in [0.1, 0.15) is 63.8 Å². The number of hydrogen-bond acceptors (Lipinski definition) is 2. The normalized spacial score (nSPS) is 24.4. The minimum Gasteiger partial charge on any atom is -0.311 e. The van der Waals surface area contributed by atoms with Crippen LogP contribution in [0.3, 0.4) is 0 Å². The molecule has 1 aliphatic rings. The molecule has 2 rings (SSSR count). The first-order valence-corrected chi connectivity index (χ1v) is 7.97. The fourth-order valence-electron chi connectivity index (χ4n) is 3.50. The second-order valence-electron chi connectivity index (χ2n) is 6.04. The van der Waals surface area contributed by atoms with Crippen molar-refractivity contribution in [2.45, 2.75) is 77.8 Å². The Labute approximate surface area is 117 Å². The van der Waals surface area contributed by atoms with Crippen molar-refractivity contribution in [3.8, 4) is 0 Å². The molecule has 1 aromatic heterocycles. The quantitative estimate of drug-likeness (QED) is 0.881. The second kappa shape index (κ2) is 6.56. The molecule has 1 aliphatic heterocycles. The lowest BCUT2D eigenvalue weighted by molar-refractivity contribution is 0.281. The van der Waals surface area contributed by atoms with Gasteiger partial charge in [0.2, 0.25) is 0 Å². The molecular formula is C16H29N3. The summed E-state index contributed by atoms with van der Waals surface area (Å²) < 4.78 is 2.18. The molecule has 1 saturated heterocycles. The van der Waals surface area contributed by atoms with Crippen molar-refractivity contribution in [3.63, 3.8) is 0 Å². The minimum absolute atomic E-state index is 0.310. The molecule has 0 saturated carbocycles. The Morgan fingerprint density at radius 1 is 1.32 bits per heavy atom. The lowest BCUT2D eigenvalue weighted by atomic mass is 9.84. The zero-order valence-electron chi connectivity index (χ0n) is 12.8. The molecule has 0 aliphatic carbocycles. The SMILES string of the molecule is CCCC1(Cc2cc(C)nn2CC)CCCCCN1. The Bertz CT molecular complexity index is 387. The van der Waals surface area contributed by atoms with Gasteiger partial charge in [0.15, 0.2) is 0 Å². The van der Waals surface area contributed by atoms with Crippen molar-refractivity contribution in [2.24, 2.45) is 0 Å². The summed E-state index contributed by atoms with van der Waals surface area (Å²) >= 11 is 0. The van der Waals surface area contributed by atoms with Crippen LogP contribution in [0.4, 0.5) is 0 Å². The first kappa shape index (κ1) is 14.6. The van der Waals surface area contributed by atoms with Gasteiger partial charge in [0, 0.05) is 24.2 Å². The van der Waals surface area contributed by atoms with E-state index in [0.29, 0.717) is 5.54 Å². The van der Waals surface area contributed by atoms with Gasteiger partial charge in [-0.25, -0.2) is 0 Å². The minimum atomic E-state index is 0.310. The Hall–Kier alpha value is -0.830. The van der Waals surface area contributed by atoms with Crippen molar-refractivity contribution >= 4 is 0 Å². The Kier molecular flexibility index (Phi) is 5.03. The van der Waals surface area contributed by atoms with Gasteiger partial charge in [-0.3, -0.25) is 4.68 Å². The molecule has 0 bridgehead atoms. The molecular weight excluding hydrogens is 234 g/mol. The van der Waals surface area contributed by atoms with Gasteiger partial charge in [0.1, 0.15) is 0 Å². The molecule has 0 aromatic carbocycles. The van der Waals surface area contributed by atoms with Gasteiger partial charge in [-0.2, -0.15) is 5.10 Å². The summed E-state index contributed by atoms with van der Waals surface area (Å²) in [5.74, 6) is 0. The number of nitrogens with zero attached hydrogens (tertiary/aromatic N) is 2. The van der Waals surface area contributed by atoms with E-state index in [-0.39, 0.29) is 0 Å². The number of hydrogen-bond donors (Lipinski definition) is 1. The van der Waals surface area contributed by atoms with Crippen molar-refractivity contribution < 1.29 is 0 Å². The highest BCUT2D eigenvalue weighted by Crippen LogP contribution is 2.28. The second-order valence-corrected chi connectivity index (χ2v) is 6.04. The van der Waals surface area contributed by atoms with Crippen LogP contribution < -0.4 is 5.32 Å². The third-order valence-corrected chi connectivity index (χ3v) is 4.37. The van der Waals surface area contributed by atoms with Crippen LogP contribution in [-0.4, -0.2) is 21.9 Å². The average Bonchev–Trinajstić information content (AvgIpc) is 2.59. The molecule has 0 spiro atoms. The predicted molar refractivity (Wildman–Crippen MR) is 80.5 cm³/mol. The van der Waals surface area contributed by atoms with Crippen molar-refractivity contribution in [3.05, 3.63) is 17.5 Å². The standard InChI is InChI=1S/C16H29N3/c1-4-9-16(10-7-6-8-11-17-16)13-15-12-14(3)18-19(15)5-2/h12,17H,4-11,13H2,1-3H3. The zero-order valence-corrected chi connectivity index (χ0v) is 12.8. The third-order valence-electron chi connectivity index (χ3n) is 4.37. The molecule has 1 atom stereocenters.